The fourth-order valence-electron chi connectivity index (χ4n) is 2.53. The van der Waals surface area contributed by atoms with E-state index in [0.717, 1.165) is 24.7 Å². The van der Waals surface area contributed by atoms with Gasteiger partial charge in [-0.25, -0.2) is 4.39 Å². The Labute approximate surface area is 103 Å². The molecule has 2 atom stereocenters. The molecule has 1 aliphatic heterocycles. The molecule has 2 nitrogen and oxygen atoms in total. The van der Waals surface area contributed by atoms with Gasteiger partial charge >= 0.3 is 0 Å². The molecule has 1 N–H and O–H groups in total. The fraction of sp³-hybridized carbons (Fsp3) is 0.571. The van der Waals surface area contributed by atoms with Crippen LogP contribution in [0.3, 0.4) is 0 Å². The quantitative estimate of drug-likeness (QED) is 0.864. The van der Waals surface area contributed by atoms with Gasteiger partial charge in [0, 0.05) is 24.8 Å². The third-order valence-corrected chi connectivity index (χ3v) is 3.66. The minimum absolute atomic E-state index is 0.159. The number of anilines is 1. The molecule has 0 bridgehead atoms. The molecule has 0 spiro atoms. The molecule has 0 radical (unpaired) electrons. The number of rotatable bonds is 4. The first-order chi connectivity index (χ1) is 8.19. The number of nitrogens with one attached hydrogen (secondary N) is 1. The molecular weight excluding hydrogens is 215 g/mol. The smallest absolute Gasteiger partial charge is 0.123 e. The van der Waals surface area contributed by atoms with Gasteiger partial charge in [-0.05, 0) is 57.0 Å². The molecule has 17 heavy (non-hydrogen) atoms. The Morgan fingerprint density at radius 3 is 2.76 bits per heavy atom. The predicted molar refractivity (Wildman–Crippen MR) is 69.9 cm³/mol. The predicted octanol–water partition coefficient (Wildman–Crippen LogP) is 2.65. The summed E-state index contributed by atoms with van der Waals surface area (Å²) in [4.78, 5) is 2.35. The molecule has 1 saturated heterocycles. The lowest BCUT2D eigenvalue weighted by atomic mass is 10.0. The summed E-state index contributed by atoms with van der Waals surface area (Å²) in [6.45, 7) is 4.41. The van der Waals surface area contributed by atoms with Crippen LogP contribution in [0.15, 0.2) is 24.3 Å². The van der Waals surface area contributed by atoms with Gasteiger partial charge in [0.25, 0.3) is 0 Å². The molecule has 1 aromatic carbocycles. The van der Waals surface area contributed by atoms with Crippen molar-refractivity contribution in [2.24, 2.45) is 5.92 Å². The minimum Gasteiger partial charge on any atom is -0.371 e. The average Bonchev–Trinajstić information content (AvgIpc) is 2.78. The van der Waals surface area contributed by atoms with E-state index in [-0.39, 0.29) is 5.82 Å². The number of hydrogen-bond acceptors (Lipinski definition) is 2. The summed E-state index contributed by atoms with van der Waals surface area (Å²) in [6, 6.07) is 7.41. The summed E-state index contributed by atoms with van der Waals surface area (Å²) in [5.41, 5.74) is 1.14. The number of hydrogen-bond donors (Lipinski definition) is 1. The fourth-order valence-corrected chi connectivity index (χ4v) is 2.53. The molecule has 0 saturated carbocycles. The van der Waals surface area contributed by atoms with Gasteiger partial charge in [-0.3, -0.25) is 0 Å². The Kier molecular flexibility index (Phi) is 4.00. The van der Waals surface area contributed by atoms with E-state index >= 15 is 0 Å². The average molecular weight is 236 g/mol. The Balaban J connectivity index is 1.91. The van der Waals surface area contributed by atoms with Crippen LogP contribution in [0.1, 0.15) is 19.8 Å². The third kappa shape index (κ3) is 3.19. The highest BCUT2D eigenvalue weighted by atomic mass is 19.1. The van der Waals surface area contributed by atoms with E-state index < -0.39 is 0 Å². The van der Waals surface area contributed by atoms with Gasteiger partial charge in [0.1, 0.15) is 5.82 Å². The van der Waals surface area contributed by atoms with Gasteiger partial charge in [-0.15, -0.1) is 0 Å². The van der Waals surface area contributed by atoms with Crippen LogP contribution in [0, 0.1) is 11.7 Å². The van der Waals surface area contributed by atoms with Gasteiger partial charge in [-0.2, -0.15) is 0 Å². The monoisotopic (exact) mass is 236 g/mol. The highest BCUT2D eigenvalue weighted by Gasteiger charge is 2.23. The maximum absolute atomic E-state index is 12.8. The Morgan fingerprint density at radius 1 is 1.41 bits per heavy atom. The van der Waals surface area contributed by atoms with E-state index in [1.807, 2.05) is 19.2 Å². The topological polar surface area (TPSA) is 15.3 Å². The lowest BCUT2D eigenvalue weighted by Crippen LogP contribution is -2.26. The Morgan fingerprint density at radius 2 is 2.12 bits per heavy atom. The summed E-state index contributed by atoms with van der Waals surface area (Å²) in [5.74, 6) is 0.593. The lowest BCUT2D eigenvalue weighted by Gasteiger charge is -2.20. The second-order valence-corrected chi connectivity index (χ2v) is 5.00. The molecule has 2 unspecified atom stereocenters. The van der Waals surface area contributed by atoms with Crippen molar-refractivity contribution in [2.45, 2.75) is 25.8 Å². The number of nitrogens with zero attached hydrogens (tertiary/aromatic N) is 1. The van der Waals surface area contributed by atoms with Crippen LogP contribution in [0.2, 0.25) is 0 Å². The molecule has 1 aliphatic rings. The normalized spacial score (nSPS) is 21.8. The molecule has 94 valence electrons. The van der Waals surface area contributed by atoms with Crippen molar-refractivity contribution >= 4 is 5.69 Å². The van der Waals surface area contributed by atoms with Crippen LogP contribution in [0.5, 0.6) is 0 Å². The molecule has 1 heterocycles. The van der Waals surface area contributed by atoms with Crippen LogP contribution in [-0.4, -0.2) is 26.2 Å². The van der Waals surface area contributed by atoms with Crippen LogP contribution in [-0.2, 0) is 0 Å². The van der Waals surface area contributed by atoms with Crippen molar-refractivity contribution in [3.8, 4) is 0 Å². The molecule has 0 aliphatic carbocycles. The molecule has 0 aromatic heterocycles. The van der Waals surface area contributed by atoms with Crippen molar-refractivity contribution in [1.29, 1.82) is 0 Å². The number of benzene rings is 1. The van der Waals surface area contributed by atoms with Crippen molar-refractivity contribution < 1.29 is 4.39 Å². The standard InChI is InChI=1S/C14H21FN2/c1-11(16-2)9-12-7-8-17(10-12)14-5-3-13(15)4-6-14/h3-6,11-12,16H,7-10H2,1-2H3. The first-order valence-corrected chi connectivity index (χ1v) is 6.37. The highest BCUT2D eigenvalue weighted by molar-refractivity contribution is 5.47. The summed E-state index contributed by atoms with van der Waals surface area (Å²) in [6.07, 6.45) is 2.46. The lowest BCUT2D eigenvalue weighted by molar-refractivity contribution is 0.444. The molecule has 1 fully saturated rings. The van der Waals surface area contributed by atoms with Gasteiger partial charge in [0.2, 0.25) is 0 Å². The summed E-state index contributed by atoms with van der Waals surface area (Å²) >= 11 is 0. The maximum atomic E-state index is 12.8. The first kappa shape index (κ1) is 12.4. The minimum atomic E-state index is -0.159. The zero-order chi connectivity index (χ0) is 12.3. The van der Waals surface area contributed by atoms with E-state index in [0.29, 0.717) is 6.04 Å². The molecule has 3 heteroatoms. The van der Waals surface area contributed by atoms with Crippen LogP contribution in [0.25, 0.3) is 0 Å². The van der Waals surface area contributed by atoms with Gasteiger partial charge in [0.05, 0.1) is 0 Å². The van der Waals surface area contributed by atoms with Crippen molar-refractivity contribution in [2.75, 3.05) is 25.0 Å². The summed E-state index contributed by atoms with van der Waals surface area (Å²) < 4.78 is 12.8. The van der Waals surface area contributed by atoms with Crippen molar-refractivity contribution in [1.82, 2.24) is 5.32 Å². The summed E-state index contributed by atoms with van der Waals surface area (Å²) in [7, 11) is 2.01. The van der Waals surface area contributed by atoms with E-state index in [1.54, 1.807) is 12.1 Å². The Hall–Kier alpha value is -1.09. The Bertz CT molecular complexity index is 350. The van der Waals surface area contributed by atoms with Crippen LogP contribution < -0.4 is 10.2 Å². The van der Waals surface area contributed by atoms with Crippen molar-refractivity contribution in [3.05, 3.63) is 30.1 Å². The second kappa shape index (κ2) is 5.50. The highest BCUT2D eigenvalue weighted by Crippen LogP contribution is 2.26. The largest absolute Gasteiger partial charge is 0.371 e. The van der Waals surface area contributed by atoms with Gasteiger partial charge in [-0.1, -0.05) is 0 Å². The molecular formula is C14H21FN2. The van der Waals surface area contributed by atoms with Crippen molar-refractivity contribution in [3.63, 3.8) is 0 Å². The third-order valence-electron chi connectivity index (χ3n) is 3.66. The molecule has 0 amide bonds. The zero-order valence-corrected chi connectivity index (χ0v) is 10.6. The van der Waals surface area contributed by atoms with E-state index in [9.17, 15) is 4.39 Å². The number of halogens is 1. The second-order valence-electron chi connectivity index (χ2n) is 5.00. The van der Waals surface area contributed by atoms with Gasteiger partial charge < -0.3 is 10.2 Å². The van der Waals surface area contributed by atoms with E-state index in [2.05, 4.69) is 17.1 Å². The van der Waals surface area contributed by atoms with Crippen LogP contribution >= 0.6 is 0 Å². The van der Waals surface area contributed by atoms with Crippen LogP contribution in [0.4, 0.5) is 10.1 Å². The van der Waals surface area contributed by atoms with E-state index in [1.165, 1.54) is 12.8 Å². The summed E-state index contributed by atoms with van der Waals surface area (Å²) in [5, 5.41) is 3.29. The van der Waals surface area contributed by atoms with Gasteiger partial charge in [0.15, 0.2) is 0 Å². The first-order valence-electron chi connectivity index (χ1n) is 6.37. The molecule has 1 aromatic rings. The SMILES string of the molecule is CNC(C)CC1CCN(c2ccc(F)cc2)C1. The zero-order valence-electron chi connectivity index (χ0n) is 10.6. The maximum Gasteiger partial charge on any atom is 0.123 e. The molecule has 2 rings (SSSR count). The van der Waals surface area contributed by atoms with E-state index in [4.69, 9.17) is 0 Å².